The van der Waals surface area contributed by atoms with Crippen molar-refractivity contribution in [3.05, 3.63) is 29.8 Å². The summed E-state index contributed by atoms with van der Waals surface area (Å²) >= 11 is 0. The number of benzene rings is 1. The number of hydrogen-bond acceptors (Lipinski definition) is 4. The molecule has 2 N–H and O–H groups in total. The molecule has 1 aliphatic rings. The minimum atomic E-state index is -2.84. The number of nitrogens with zero attached hydrogens (tertiary/aromatic N) is 2. The van der Waals surface area contributed by atoms with Crippen molar-refractivity contribution < 1.29 is 13.5 Å². The molecule has 2 unspecified atom stereocenters. The van der Waals surface area contributed by atoms with Crippen molar-refractivity contribution in [3.63, 3.8) is 0 Å². The number of alkyl halides is 2. The monoisotopic (exact) mass is 283 g/mol. The molecule has 1 heterocycles. The number of nitrogens with two attached hydrogens (primary N) is 1. The lowest BCUT2D eigenvalue weighted by atomic mass is 10.0. The summed E-state index contributed by atoms with van der Waals surface area (Å²) in [5, 5.41) is 0. The fourth-order valence-electron chi connectivity index (χ4n) is 2.45. The molecular weight excluding hydrogens is 264 g/mol. The van der Waals surface area contributed by atoms with Gasteiger partial charge in [-0.3, -0.25) is 4.99 Å². The Morgan fingerprint density at radius 2 is 2.15 bits per heavy atom. The van der Waals surface area contributed by atoms with E-state index in [1.165, 1.54) is 0 Å². The molecule has 6 heteroatoms. The zero-order chi connectivity index (χ0) is 14.7. The van der Waals surface area contributed by atoms with Crippen molar-refractivity contribution in [3.8, 4) is 5.75 Å². The zero-order valence-corrected chi connectivity index (χ0v) is 11.6. The molecule has 0 spiro atoms. The second-order valence-corrected chi connectivity index (χ2v) is 4.80. The van der Waals surface area contributed by atoms with Gasteiger partial charge >= 0.3 is 6.61 Å². The summed E-state index contributed by atoms with van der Waals surface area (Å²) in [6.45, 7) is 1.71. The normalized spacial score (nSPS) is 20.1. The first kappa shape index (κ1) is 14.6. The van der Waals surface area contributed by atoms with Gasteiger partial charge in [-0.15, -0.1) is 0 Å². The van der Waals surface area contributed by atoms with E-state index in [1.807, 2.05) is 11.8 Å². The topological polar surface area (TPSA) is 50.8 Å². The summed E-state index contributed by atoms with van der Waals surface area (Å²) in [6, 6.07) is 6.84. The van der Waals surface area contributed by atoms with E-state index in [-0.39, 0.29) is 17.8 Å². The van der Waals surface area contributed by atoms with Gasteiger partial charge in [-0.05, 0) is 19.4 Å². The molecule has 110 valence electrons. The van der Waals surface area contributed by atoms with Crippen LogP contribution in [-0.4, -0.2) is 30.1 Å². The molecular formula is C14H19F2N3O. The SMILES string of the molecule is CCC(C)N1C(N)=NCC1c1ccccc1OC(F)F. The second kappa shape index (κ2) is 6.07. The predicted molar refractivity (Wildman–Crippen MR) is 73.9 cm³/mol. The number of aliphatic imine (C=N–C) groups is 1. The van der Waals surface area contributed by atoms with E-state index < -0.39 is 6.61 Å². The number of halogens is 2. The van der Waals surface area contributed by atoms with Crippen molar-refractivity contribution in [2.45, 2.75) is 39.0 Å². The molecule has 1 aliphatic heterocycles. The van der Waals surface area contributed by atoms with Crippen LogP contribution in [0, 0.1) is 0 Å². The van der Waals surface area contributed by atoms with Crippen LogP contribution in [0.25, 0.3) is 0 Å². The Morgan fingerprint density at radius 3 is 2.80 bits per heavy atom. The van der Waals surface area contributed by atoms with E-state index in [4.69, 9.17) is 5.73 Å². The summed E-state index contributed by atoms with van der Waals surface area (Å²) in [5.74, 6) is 0.641. The van der Waals surface area contributed by atoms with Gasteiger partial charge in [0.2, 0.25) is 0 Å². The van der Waals surface area contributed by atoms with Gasteiger partial charge < -0.3 is 15.4 Å². The molecule has 2 atom stereocenters. The van der Waals surface area contributed by atoms with E-state index in [9.17, 15) is 8.78 Å². The summed E-state index contributed by atoms with van der Waals surface area (Å²) < 4.78 is 29.6. The number of rotatable bonds is 5. The maximum Gasteiger partial charge on any atom is 0.387 e. The van der Waals surface area contributed by atoms with E-state index in [2.05, 4.69) is 16.7 Å². The first-order valence-electron chi connectivity index (χ1n) is 6.66. The van der Waals surface area contributed by atoms with Crippen LogP contribution >= 0.6 is 0 Å². The first-order valence-corrected chi connectivity index (χ1v) is 6.66. The Balaban J connectivity index is 2.31. The van der Waals surface area contributed by atoms with Crippen LogP contribution in [0.3, 0.4) is 0 Å². The highest BCUT2D eigenvalue weighted by Crippen LogP contribution is 2.34. The third-order valence-corrected chi connectivity index (χ3v) is 3.59. The lowest BCUT2D eigenvalue weighted by Gasteiger charge is -2.32. The lowest BCUT2D eigenvalue weighted by molar-refractivity contribution is -0.0509. The molecule has 0 amide bonds. The molecule has 1 aromatic rings. The Kier molecular flexibility index (Phi) is 4.42. The second-order valence-electron chi connectivity index (χ2n) is 4.80. The average molecular weight is 283 g/mol. The van der Waals surface area contributed by atoms with E-state index in [0.29, 0.717) is 18.1 Å². The van der Waals surface area contributed by atoms with Crippen molar-refractivity contribution in [1.82, 2.24) is 4.90 Å². The van der Waals surface area contributed by atoms with Crippen LogP contribution in [-0.2, 0) is 0 Å². The highest BCUT2D eigenvalue weighted by Gasteiger charge is 2.32. The van der Waals surface area contributed by atoms with Gasteiger partial charge in [0.05, 0.1) is 12.6 Å². The number of para-hydroxylation sites is 1. The van der Waals surface area contributed by atoms with Gasteiger partial charge in [-0.25, -0.2) is 0 Å². The quantitative estimate of drug-likeness (QED) is 0.904. The Labute approximate surface area is 117 Å². The third-order valence-electron chi connectivity index (χ3n) is 3.59. The molecule has 0 fully saturated rings. The van der Waals surface area contributed by atoms with Crippen molar-refractivity contribution in [2.24, 2.45) is 10.7 Å². The fraction of sp³-hybridized carbons (Fsp3) is 0.500. The molecule has 0 saturated heterocycles. The molecule has 0 radical (unpaired) electrons. The van der Waals surface area contributed by atoms with E-state index >= 15 is 0 Å². The number of hydrogen-bond donors (Lipinski definition) is 1. The van der Waals surface area contributed by atoms with Gasteiger partial charge in [0.15, 0.2) is 5.96 Å². The molecule has 0 aromatic heterocycles. The highest BCUT2D eigenvalue weighted by atomic mass is 19.3. The van der Waals surface area contributed by atoms with Crippen LogP contribution in [0.1, 0.15) is 31.9 Å². The number of guanidine groups is 1. The summed E-state index contributed by atoms with van der Waals surface area (Å²) in [7, 11) is 0. The van der Waals surface area contributed by atoms with Crippen molar-refractivity contribution in [2.75, 3.05) is 6.54 Å². The molecule has 0 bridgehead atoms. The molecule has 0 aliphatic carbocycles. The highest BCUT2D eigenvalue weighted by molar-refractivity contribution is 5.81. The maximum absolute atomic E-state index is 12.5. The lowest BCUT2D eigenvalue weighted by Crippen LogP contribution is -2.42. The largest absolute Gasteiger partial charge is 0.434 e. The summed E-state index contributed by atoms with van der Waals surface area (Å²) in [4.78, 5) is 6.21. The standard InChI is InChI=1S/C14H19F2N3O/c1-3-9(2)19-11(8-18-14(19)17)10-6-4-5-7-12(10)20-13(15)16/h4-7,9,11,13H,3,8H2,1-2H3,(H2,17,18). The summed E-state index contributed by atoms with van der Waals surface area (Å²) in [6.07, 6.45) is 0.893. The first-order chi connectivity index (χ1) is 9.54. The Hall–Kier alpha value is -1.85. The maximum atomic E-state index is 12.5. The van der Waals surface area contributed by atoms with Gasteiger partial charge in [-0.1, -0.05) is 25.1 Å². The fourth-order valence-corrected chi connectivity index (χ4v) is 2.45. The predicted octanol–water partition coefficient (Wildman–Crippen LogP) is 2.76. The van der Waals surface area contributed by atoms with Gasteiger partial charge in [0, 0.05) is 11.6 Å². The Bertz CT molecular complexity index is 493. The van der Waals surface area contributed by atoms with Gasteiger partial charge in [-0.2, -0.15) is 8.78 Å². The third kappa shape index (κ3) is 2.84. The smallest absolute Gasteiger partial charge is 0.387 e. The molecule has 20 heavy (non-hydrogen) atoms. The van der Waals surface area contributed by atoms with E-state index in [0.717, 1.165) is 6.42 Å². The average Bonchev–Trinajstić information content (AvgIpc) is 2.79. The van der Waals surface area contributed by atoms with E-state index in [1.54, 1.807) is 24.3 Å². The summed E-state index contributed by atoms with van der Waals surface area (Å²) in [5.41, 5.74) is 6.61. The van der Waals surface area contributed by atoms with Crippen LogP contribution < -0.4 is 10.5 Å². The molecule has 1 aromatic carbocycles. The molecule has 2 rings (SSSR count). The van der Waals surface area contributed by atoms with Crippen molar-refractivity contribution >= 4 is 5.96 Å². The minimum absolute atomic E-state index is 0.153. The van der Waals surface area contributed by atoms with Crippen LogP contribution in [0.15, 0.2) is 29.3 Å². The van der Waals surface area contributed by atoms with Gasteiger partial charge in [0.1, 0.15) is 5.75 Å². The number of ether oxygens (including phenoxy) is 1. The van der Waals surface area contributed by atoms with Gasteiger partial charge in [0.25, 0.3) is 0 Å². The zero-order valence-electron chi connectivity index (χ0n) is 11.6. The minimum Gasteiger partial charge on any atom is -0.434 e. The molecule has 4 nitrogen and oxygen atoms in total. The van der Waals surface area contributed by atoms with Crippen molar-refractivity contribution in [1.29, 1.82) is 0 Å². The van der Waals surface area contributed by atoms with Crippen LogP contribution in [0.4, 0.5) is 8.78 Å². The Morgan fingerprint density at radius 1 is 1.45 bits per heavy atom. The van der Waals surface area contributed by atoms with Crippen LogP contribution in [0.5, 0.6) is 5.75 Å². The molecule has 0 saturated carbocycles. The van der Waals surface area contributed by atoms with Crippen LogP contribution in [0.2, 0.25) is 0 Å².